The van der Waals surface area contributed by atoms with Gasteiger partial charge in [0.15, 0.2) is 5.78 Å². The Labute approximate surface area is 153 Å². The Bertz CT molecular complexity index is 1050. The lowest BCUT2D eigenvalue weighted by molar-refractivity contribution is -0.138. The predicted molar refractivity (Wildman–Crippen MR) is 96.0 cm³/mol. The fourth-order valence-corrected chi connectivity index (χ4v) is 3.46. The molecule has 0 amide bonds. The predicted octanol–water partition coefficient (Wildman–Crippen LogP) is 4.76. The molecule has 3 aromatic rings. The van der Waals surface area contributed by atoms with E-state index >= 15 is 0 Å². The van der Waals surface area contributed by atoms with E-state index in [4.69, 9.17) is 0 Å². The van der Waals surface area contributed by atoms with Gasteiger partial charge in [-0.25, -0.2) is 8.78 Å². The van der Waals surface area contributed by atoms with Crippen LogP contribution in [0.3, 0.4) is 0 Å². The summed E-state index contributed by atoms with van der Waals surface area (Å²) < 4.78 is 26.9. The van der Waals surface area contributed by atoms with E-state index in [-0.39, 0.29) is 5.56 Å². The molecule has 1 aromatic heterocycles. The molecule has 1 atom stereocenters. The van der Waals surface area contributed by atoms with Crippen molar-refractivity contribution >= 4 is 22.7 Å². The minimum absolute atomic E-state index is 0.304. The third-order valence-electron chi connectivity index (χ3n) is 5.08. The molecule has 1 saturated carbocycles. The molecule has 6 heteroatoms. The molecule has 2 aromatic carbocycles. The number of ketones is 1. The topological polar surface area (TPSA) is 70.2 Å². The molecule has 2 N–H and O–H groups in total. The highest BCUT2D eigenvalue weighted by Gasteiger charge is 2.29. The largest absolute Gasteiger partial charge is 0.481 e. The number of H-pyrrole nitrogens is 1. The highest BCUT2D eigenvalue weighted by atomic mass is 19.1. The maximum absolute atomic E-state index is 13.9. The first-order chi connectivity index (χ1) is 12.9. The van der Waals surface area contributed by atoms with Crippen LogP contribution < -0.4 is 0 Å². The molecule has 4 rings (SSSR count). The van der Waals surface area contributed by atoms with Gasteiger partial charge in [0.2, 0.25) is 0 Å². The van der Waals surface area contributed by atoms with Gasteiger partial charge in [0.1, 0.15) is 11.6 Å². The molecular formula is C21H17F2NO3. The smallest absolute Gasteiger partial charge is 0.311 e. The van der Waals surface area contributed by atoms with Crippen molar-refractivity contribution in [3.8, 4) is 0 Å². The molecule has 1 unspecified atom stereocenters. The van der Waals surface area contributed by atoms with E-state index in [9.17, 15) is 23.5 Å². The lowest BCUT2D eigenvalue weighted by Crippen LogP contribution is -2.17. The Morgan fingerprint density at radius 2 is 1.93 bits per heavy atom. The standard InChI is InChI=1S/C21H17F2NO3/c22-13-4-5-14(18(23)8-13)20(25)9-16(21(26)27)17-10-24-19-6-3-12(7-15(17)19)11-1-2-11/h3-8,10-11,16,24H,1-2,9H2,(H,26,27). The van der Waals surface area contributed by atoms with Crippen molar-refractivity contribution in [2.45, 2.75) is 31.1 Å². The van der Waals surface area contributed by atoms with Crippen molar-refractivity contribution in [3.63, 3.8) is 0 Å². The quantitative estimate of drug-likeness (QED) is 0.615. The third kappa shape index (κ3) is 3.35. The Hall–Kier alpha value is -3.02. The lowest BCUT2D eigenvalue weighted by atomic mass is 9.90. The number of halogens is 2. The number of aromatic amines is 1. The molecule has 0 spiro atoms. The first-order valence-electron chi connectivity index (χ1n) is 8.76. The Kier molecular flexibility index (Phi) is 4.26. The van der Waals surface area contributed by atoms with Crippen LogP contribution in [0.5, 0.6) is 0 Å². The van der Waals surface area contributed by atoms with Crippen molar-refractivity contribution < 1.29 is 23.5 Å². The summed E-state index contributed by atoms with van der Waals surface area (Å²) in [6, 6.07) is 8.56. The van der Waals surface area contributed by atoms with Gasteiger partial charge in [-0.1, -0.05) is 6.07 Å². The zero-order valence-corrected chi connectivity index (χ0v) is 14.3. The first kappa shape index (κ1) is 17.4. The minimum atomic E-state index is -1.16. The van der Waals surface area contributed by atoms with Crippen molar-refractivity contribution in [1.82, 2.24) is 4.98 Å². The molecule has 0 saturated heterocycles. The van der Waals surface area contributed by atoms with Crippen LogP contribution in [0.4, 0.5) is 8.78 Å². The molecule has 1 aliphatic rings. The zero-order chi connectivity index (χ0) is 19.1. The number of rotatable bonds is 6. The second kappa shape index (κ2) is 6.61. The minimum Gasteiger partial charge on any atom is -0.481 e. The van der Waals surface area contributed by atoms with Crippen molar-refractivity contribution in [2.24, 2.45) is 0 Å². The van der Waals surface area contributed by atoms with E-state index in [1.807, 2.05) is 18.2 Å². The number of hydrogen-bond acceptors (Lipinski definition) is 2. The van der Waals surface area contributed by atoms with Crippen LogP contribution in [0.1, 0.15) is 52.6 Å². The average molecular weight is 369 g/mol. The number of carboxylic acid groups (broad SMARTS) is 1. The van der Waals surface area contributed by atoms with Crippen LogP contribution in [0.15, 0.2) is 42.6 Å². The van der Waals surface area contributed by atoms with Gasteiger partial charge in [-0.2, -0.15) is 0 Å². The average Bonchev–Trinajstić information content (AvgIpc) is 3.39. The van der Waals surface area contributed by atoms with Gasteiger partial charge in [0.05, 0.1) is 11.5 Å². The number of aromatic nitrogens is 1. The van der Waals surface area contributed by atoms with Gasteiger partial charge in [-0.15, -0.1) is 0 Å². The van der Waals surface area contributed by atoms with Crippen LogP contribution in [0.2, 0.25) is 0 Å². The van der Waals surface area contributed by atoms with Gasteiger partial charge >= 0.3 is 5.97 Å². The molecule has 0 aliphatic heterocycles. The molecule has 1 fully saturated rings. The van der Waals surface area contributed by atoms with E-state index < -0.39 is 35.7 Å². The number of fused-ring (bicyclic) bond motifs is 1. The fraction of sp³-hybridized carbons (Fsp3) is 0.238. The molecule has 4 nitrogen and oxygen atoms in total. The lowest BCUT2D eigenvalue weighted by Gasteiger charge is -2.12. The first-order valence-corrected chi connectivity index (χ1v) is 8.76. The summed E-state index contributed by atoms with van der Waals surface area (Å²) >= 11 is 0. The van der Waals surface area contributed by atoms with Gasteiger partial charge in [0, 0.05) is 29.6 Å². The summed E-state index contributed by atoms with van der Waals surface area (Å²) in [5.74, 6) is -4.22. The SMILES string of the molecule is O=C(CC(C(=O)O)c1c[nH]c2ccc(C3CC3)cc12)c1ccc(F)cc1F. The van der Waals surface area contributed by atoms with Crippen LogP contribution in [-0.4, -0.2) is 21.8 Å². The van der Waals surface area contributed by atoms with Crippen molar-refractivity contribution in [1.29, 1.82) is 0 Å². The molecule has 0 radical (unpaired) electrons. The fourth-order valence-electron chi connectivity index (χ4n) is 3.46. The van der Waals surface area contributed by atoms with E-state index in [1.165, 1.54) is 0 Å². The highest BCUT2D eigenvalue weighted by Crippen LogP contribution is 2.42. The number of carbonyl (C=O) groups is 2. The van der Waals surface area contributed by atoms with Crippen LogP contribution in [0.25, 0.3) is 10.9 Å². The monoisotopic (exact) mass is 369 g/mol. The highest BCUT2D eigenvalue weighted by molar-refractivity contribution is 6.00. The number of benzene rings is 2. The van der Waals surface area contributed by atoms with Gasteiger partial charge < -0.3 is 10.1 Å². The van der Waals surface area contributed by atoms with Crippen LogP contribution >= 0.6 is 0 Å². The summed E-state index contributed by atoms with van der Waals surface area (Å²) in [5.41, 5.74) is 2.14. The van der Waals surface area contributed by atoms with E-state index in [0.717, 1.165) is 41.4 Å². The number of carbonyl (C=O) groups excluding carboxylic acids is 1. The second-order valence-corrected chi connectivity index (χ2v) is 6.97. The number of carboxylic acids is 1. The Morgan fingerprint density at radius 1 is 1.15 bits per heavy atom. The number of nitrogens with one attached hydrogen (secondary N) is 1. The van der Waals surface area contributed by atoms with Crippen molar-refractivity contribution in [2.75, 3.05) is 0 Å². The van der Waals surface area contributed by atoms with Crippen molar-refractivity contribution in [3.05, 3.63) is 70.9 Å². The zero-order valence-electron chi connectivity index (χ0n) is 14.3. The summed E-state index contributed by atoms with van der Waals surface area (Å²) in [6.07, 6.45) is 3.43. The maximum atomic E-state index is 13.9. The molecule has 1 heterocycles. The van der Waals surface area contributed by atoms with E-state index in [2.05, 4.69) is 4.98 Å². The van der Waals surface area contributed by atoms with Gasteiger partial charge in [-0.05, 0) is 54.2 Å². The molecule has 0 bridgehead atoms. The third-order valence-corrected chi connectivity index (χ3v) is 5.08. The summed E-state index contributed by atoms with van der Waals surface area (Å²) in [7, 11) is 0. The molecule has 138 valence electrons. The summed E-state index contributed by atoms with van der Waals surface area (Å²) in [6.45, 7) is 0. The molecule has 1 aliphatic carbocycles. The second-order valence-electron chi connectivity index (χ2n) is 6.97. The van der Waals surface area contributed by atoms with Gasteiger partial charge in [0.25, 0.3) is 0 Å². The number of Topliss-reactive ketones (excluding diaryl/α,β-unsaturated/α-hetero) is 1. The van der Waals surface area contributed by atoms with Gasteiger partial charge in [-0.3, -0.25) is 9.59 Å². The van der Waals surface area contributed by atoms with E-state index in [0.29, 0.717) is 17.5 Å². The number of aliphatic carboxylic acids is 1. The Morgan fingerprint density at radius 3 is 2.59 bits per heavy atom. The number of hydrogen-bond donors (Lipinski definition) is 2. The Balaban J connectivity index is 1.68. The summed E-state index contributed by atoms with van der Waals surface area (Å²) in [5, 5.41) is 10.4. The van der Waals surface area contributed by atoms with Crippen LogP contribution in [0, 0.1) is 11.6 Å². The van der Waals surface area contributed by atoms with E-state index in [1.54, 1.807) is 6.20 Å². The molecule has 27 heavy (non-hydrogen) atoms. The summed E-state index contributed by atoms with van der Waals surface area (Å²) in [4.78, 5) is 27.4. The van der Waals surface area contributed by atoms with Crippen LogP contribution in [-0.2, 0) is 4.79 Å². The molecular weight excluding hydrogens is 352 g/mol. The maximum Gasteiger partial charge on any atom is 0.311 e. The normalized spacial score (nSPS) is 15.0.